The van der Waals surface area contributed by atoms with Crippen LogP contribution >= 0.6 is 0 Å². The van der Waals surface area contributed by atoms with E-state index in [2.05, 4.69) is 10.6 Å². The van der Waals surface area contributed by atoms with Gasteiger partial charge in [-0.1, -0.05) is 18.2 Å². The predicted molar refractivity (Wildman–Crippen MR) is 72.9 cm³/mol. The Hall–Kier alpha value is -1.55. The van der Waals surface area contributed by atoms with Crippen molar-refractivity contribution in [2.45, 2.75) is 19.3 Å². The van der Waals surface area contributed by atoms with E-state index in [0.29, 0.717) is 12.8 Å². The molecule has 1 aromatic carbocycles. The summed E-state index contributed by atoms with van der Waals surface area (Å²) in [6.45, 7) is 1.65. The fourth-order valence-corrected chi connectivity index (χ4v) is 1.74. The molecular weight excluding hydrogens is 228 g/mol. The normalized spacial score (nSPS) is 10.1. The Morgan fingerprint density at radius 1 is 1.28 bits per heavy atom. The van der Waals surface area contributed by atoms with Gasteiger partial charge in [-0.3, -0.25) is 4.79 Å². The molecule has 0 heterocycles. The number of benzene rings is 1. The van der Waals surface area contributed by atoms with E-state index < -0.39 is 0 Å². The lowest BCUT2D eigenvalue weighted by Crippen LogP contribution is -2.26. The second-order valence-electron chi connectivity index (χ2n) is 4.12. The zero-order chi connectivity index (χ0) is 13.2. The third-order valence-corrected chi connectivity index (χ3v) is 2.74. The molecule has 0 saturated carbocycles. The molecule has 0 saturated heterocycles. The molecule has 0 aliphatic rings. The van der Waals surface area contributed by atoms with Crippen molar-refractivity contribution in [3.8, 4) is 5.75 Å². The van der Waals surface area contributed by atoms with Crippen LogP contribution < -0.4 is 15.4 Å². The first-order valence-corrected chi connectivity index (χ1v) is 6.31. The van der Waals surface area contributed by atoms with Gasteiger partial charge >= 0.3 is 0 Å². The van der Waals surface area contributed by atoms with Gasteiger partial charge in [-0.15, -0.1) is 0 Å². The van der Waals surface area contributed by atoms with Gasteiger partial charge < -0.3 is 15.4 Å². The van der Waals surface area contributed by atoms with Crippen LogP contribution in [0.3, 0.4) is 0 Å². The summed E-state index contributed by atoms with van der Waals surface area (Å²) >= 11 is 0. The quantitative estimate of drug-likeness (QED) is 0.685. The number of para-hydroxylation sites is 1. The predicted octanol–water partition coefficient (Wildman–Crippen LogP) is 1.35. The molecule has 1 aromatic rings. The third-order valence-electron chi connectivity index (χ3n) is 2.74. The summed E-state index contributed by atoms with van der Waals surface area (Å²) < 4.78 is 5.25. The first kappa shape index (κ1) is 14.5. The monoisotopic (exact) mass is 250 g/mol. The highest BCUT2D eigenvalue weighted by Gasteiger charge is 2.05. The number of amides is 1. The molecule has 0 spiro atoms. The molecule has 100 valence electrons. The van der Waals surface area contributed by atoms with Gasteiger partial charge in [0.2, 0.25) is 5.91 Å². The van der Waals surface area contributed by atoms with Gasteiger partial charge in [0.25, 0.3) is 0 Å². The maximum Gasteiger partial charge on any atom is 0.220 e. The number of carbonyl (C=O) groups excluding carboxylic acids is 1. The lowest BCUT2D eigenvalue weighted by atomic mass is 10.1. The maximum atomic E-state index is 11.6. The lowest BCUT2D eigenvalue weighted by Gasteiger charge is -2.08. The van der Waals surface area contributed by atoms with Crippen LogP contribution in [0, 0.1) is 0 Å². The van der Waals surface area contributed by atoms with Crippen LogP contribution in [0.4, 0.5) is 0 Å². The molecule has 4 heteroatoms. The zero-order valence-corrected chi connectivity index (χ0v) is 11.2. The molecule has 18 heavy (non-hydrogen) atoms. The number of hydrogen-bond acceptors (Lipinski definition) is 3. The fourth-order valence-electron chi connectivity index (χ4n) is 1.74. The Labute approximate surface area is 109 Å². The van der Waals surface area contributed by atoms with E-state index in [9.17, 15) is 4.79 Å². The number of nitrogens with one attached hydrogen (secondary N) is 2. The number of carbonyl (C=O) groups is 1. The smallest absolute Gasteiger partial charge is 0.220 e. The number of aryl methyl sites for hydroxylation is 1. The summed E-state index contributed by atoms with van der Waals surface area (Å²) in [6, 6.07) is 7.80. The Kier molecular flexibility index (Phi) is 6.87. The van der Waals surface area contributed by atoms with Gasteiger partial charge in [-0.2, -0.15) is 0 Å². The van der Waals surface area contributed by atoms with Crippen molar-refractivity contribution < 1.29 is 9.53 Å². The van der Waals surface area contributed by atoms with Crippen molar-refractivity contribution in [1.82, 2.24) is 10.6 Å². The summed E-state index contributed by atoms with van der Waals surface area (Å²) in [4.78, 5) is 11.6. The molecular formula is C14H22N2O2. The van der Waals surface area contributed by atoms with Gasteiger partial charge in [-0.05, 0) is 38.1 Å². The van der Waals surface area contributed by atoms with Crippen LogP contribution in [-0.4, -0.2) is 33.2 Å². The van der Waals surface area contributed by atoms with Crippen LogP contribution in [0.25, 0.3) is 0 Å². The minimum absolute atomic E-state index is 0.0945. The van der Waals surface area contributed by atoms with Crippen molar-refractivity contribution in [1.29, 1.82) is 0 Å². The van der Waals surface area contributed by atoms with E-state index in [-0.39, 0.29) is 5.91 Å². The highest BCUT2D eigenvalue weighted by atomic mass is 16.5. The zero-order valence-electron chi connectivity index (χ0n) is 11.2. The number of hydrogen-bond donors (Lipinski definition) is 2. The average Bonchev–Trinajstić information content (AvgIpc) is 2.41. The Balaban J connectivity index is 2.29. The van der Waals surface area contributed by atoms with Crippen LogP contribution in [0.1, 0.15) is 18.4 Å². The van der Waals surface area contributed by atoms with E-state index in [1.165, 1.54) is 0 Å². The van der Waals surface area contributed by atoms with Crippen LogP contribution in [0.15, 0.2) is 24.3 Å². The number of ether oxygens (including phenoxy) is 1. The summed E-state index contributed by atoms with van der Waals surface area (Å²) in [5.74, 6) is 0.942. The SMILES string of the molecule is CNCCCNC(=O)CCc1ccccc1OC. The van der Waals surface area contributed by atoms with E-state index in [1.54, 1.807) is 7.11 Å². The summed E-state index contributed by atoms with van der Waals surface area (Å²) in [6.07, 6.45) is 2.17. The van der Waals surface area contributed by atoms with Gasteiger partial charge in [0.1, 0.15) is 5.75 Å². The molecule has 0 unspecified atom stereocenters. The number of methoxy groups -OCH3 is 1. The van der Waals surface area contributed by atoms with Gasteiger partial charge in [0, 0.05) is 13.0 Å². The highest BCUT2D eigenvalue weighted by molar-refractivity contribution is 5.76. The summed E-state index contributed by atoms with van der Waals surface area (Å²) in [7, 11) is 3.56. The lowest BCUT2D eigenvalue weighted by molar-refractivity contribution is -0.121. The van der Waals surface area contributed by atoms with Crippen molar-refractivity contribution in [3.63, 3.8) is 0 Å². The molecule has 0 aliphatic heterocycles. The molecule has 2 N–H and O–H groups in total. The maximum absolute atomic E-state index is 11.6. The van der Waals surface area contributed by atoms with Gasteiger partial charge in [0.15, 0.2) is 0 Å². The van der Waals surface area contributed by atoms with Crippen molar-refractivity contribution in [2.75, 3.05) is 27.2 Å². The molecule has 0 aromatic heterocycles. The van der Waals surface area contributed by atoms with Crippen LogP contribution in [0.2, 0.25) is 0 Å². The van der Waals surface area contributed by atoms with Gasteiger partial charge in [-0.25, -0.2) is 0 Å². The minimum Gasteiger partial charge on any atom is -0.496 e. The van der Waals surface area contributed by atoms with Gasteiger partial charge in [0.05, 0.1) is 7.11 Å². The Morgan fingerprint density at radius 3 is 2.78 bits per heavy atom. The molecule has 0 bridgehead atoms. The molecule has 0 atom stereocenters. The van der Waals surface area contributed by atoms with E-state index >= 15 is 0 Å². The first-order chi connectivity index (χ1) is 8.77. The van der Waals surface area contributed by atoms with E-state index in [1.807, 2.05) is 31.3 Å². The number of rotatable bonds is 8. The topological polar surface area (TPSA) is 50.4 Å². The third kappa shape index (κ3) is 5.19. The molecule has 0 aliphatic carbocycles. The Morgan fingerprint density at radius 2 is 2.06 bits per heavy atom. The fraction of sp³-hybridized carbons (Fsp3) is 0.500. The van der Waals surface area contributed by atoms with Crippen molar-refractivity contribution in [2.24, 2.45) is 0 Å². The first-order valence-electron chi connectivity index (χ1n) is 6.31. The summed E-state index contributed by atoms with van der Waals surface area (Å²) in [5, 5.41) is 5.95. The molecule has 4 nitrogen and oxygen atoms in total. The van der Waals surface area contributed by atoms with E-state index in [0.717, 1.165) is 30.8 Å². The molecule has 0 fully saturated rings. The van der Waals surface area contributed by atoms with Crippen molar-refractivity contribution >= 4 is 5.91 Å². The standard InChI is InChI=1S/C14H22N2O2/c1-15-10-5-11-16-14(17)9-8-12-6-3-4-7-13(12)18-2/h3-4,6-7,15H,5,8-11H2,1-2H3,(H,16,17). The van der Waals surface area contributed by atoms with Crippen LogP contribution in [-0.2, 0) is 11.2 Å². The highest BCUT2D eigenvalue weighted by Crippen LogP contribution is 2.18. The largest absolute Gasteiger partial charge is 0.496 e. The van der Waals surface area contributed by atoms with Crippen molar-refractivity contribution in [3.05, 3.63) is 29.8 Å². The second-order valence-corrected chi connectivity index (χ2v) is 4.12. The molecule has 1 rings (SSSR count). The molecule has 0 radical (unpaired) electrons. The second kappa shape index (κ2) is 8.53. The Bertz CT molecular complexity index is 367. The van der Waals surface area contributed by atoms with E-state index in [4.69, 9.17) is 4.74 Å². The minimum atomic E-state index is 0.0945. The average molecular weight is 250 g/mol. The molecule has 1 amide bonds. The summed E-state index contributed by atoms with van der Waals surface area (Å²) in [5.41, 5.74) is 1.07. The van der Waals surface area contributed by atoms with Crippen LogP contribution in [0.5, 0.6) is 5.75 Å².